The van der Waals surface area contributed by atoms with Crippen molar-refractivity contribution in [2.24, 2.45) is 40.4 Å². The average Bonchev–Trinajstić information content (AvgIpc) is 2.96. The minimum Gasteiger partial charge on any atom is -0.266 e. The predicted octanol–water partition coefficient (Wildman–Crippen LogP) is 8.15. The zero-order chi connectivity index (χ0) is 20.9. The normalized spacial score (nSPS) is 45.9. The number of nitrogens with one attached hydrogen (secondary N) is 1. The van der Waals surface area contributed by atoms with Gasteiger partial charge in [0.25, 0.3) is 0 Å². The highest BCUT2D eigenvalue weighted by molar-refractivity contribution is 8.16. The lowest BCUT2D eigenvalue weighted by Gasteiger charge is -2.60. The van der Waals surface area contributed by atoms with Crippen LogP contribution in [0.2, 0.25) is 0 Å². The van der Waals surface area contributed by atoms with Gasteiger partial charge in [0, 0.05) is 4.75 Å². The van der Waals surface area contributed by atoms with Gasteiger partial charge in [0.05, 0.1) is 4.58 Å². The summed E-state index contributed by atoms with van der Waals surface area (Å²) in [5, 5.41) is 0. The number of fused-ring (bicyclic) bond motifs is 5. The third kappa shape index (κ3) is 4.20. The van der Waals surface area contributed by atoms with Gasteiger partial charge in [-0.3, -0.25) is 4.72 Å². The maximum absolute atomic E-state index is 3.29. The fraction of sp³-hybridized carbons (Fsp3) is 1.00. The van der Waals surface area contributed by atoms with E-state index in [9.17, 15) is 0 Å². The van der Waals surface area contributed by atoms with Gasteiger partial charge >= 0.3 is 0 Å². The molecule has 0 amide bonds. The average molecular weight is 438 g/mol. The molecule has 8 atom stereocenters. The van der Waals surface area contributed by atoms with Crippen LogP contribution >= 0.6 is 23.7 Å². The standard InChI is InChI=1S/C26H47NS2/c1-18(29-27-6)28-24(2,3)17-20-11-13-22-21-12-10-19-9-7-8-15-25(19,4)23(21)14-16-26(20,22)5/h18-23,27H,7-17H2,1-6H3. The Hall–Kier alpha value is 0.660. The highest BCUT2D eigenvalue weighted by Gasteiger charge is 2.59. The first-order valence-corrected chi connectivity index (χ1v) is 14.5. The van der Waals surface area contributed by atoms with Gasteiger partial charge in [-0.05, 0) is 112 Å². The van der Waals surface area contributed by atoms with Crippen molar-refractivity contribution in [1.82, 2.24) is 4.72 Å². The van der Waals surface area contributed by atoms with Crippen molar-refractivity contribution in [3.05, 3.63) is 0 Å². The Kier molecular flexibility index (Phi) is 6.73. The van der Waals surface area contributed by atoms with Crippen LogP contribution in [0, 0.1) is 40.4 Å². The molecule has 29 heavy (non-hydrogen) atoms. The van der Waals surface area contributed by atoms with E-state index >= 15 is 0 Å². The van der Waals surface area contributed by atoms with Crippen molar-refractivity contribution in [2.75, 3.05) is 7.05 Å². The quantitative estimate of drug-likeness (QED) is 0.332. The van der Waals surface area contributed by atoms with Crippen LogP contribution in [-0.4, -0.2) is 16.4 Å². The smallest absolute Gasteiger partial charge is 0.0624 e. The Bertz CT molecular complexity index is 577. The van der Waals surface area contributed by atoms with E-state index in [4.69, 9.17) is 0 Å². The van der Waals surface area contributed by atoms with E-state index in [1.165, 1.54) is 44.9 Å². The molecule has 8 unspecified atom stereocenters. The predicted molar refractivity (Wildman–Crippen MR) is 132 cm³/mol. The molecular weight excluding hydrogens is 390 g/mol. The first kappa shape index (κ1) is 22.8. The van der Waals surface area contributed by atoms with E-state index in [1.807, 2.05) is 11.9 Å². The molecular formula is C26H47NS2. The summed E-state index contributed by atoms with van der Waals surface area (Å²) in [5.74, 6) is 5.12. The molecule has 4 fully saturated rings. The van der Waals surface area contributed by atoms with Crippen LogP contribution in [0.5, 0.6) is 0 Å². The number of hydrogen-bond donors (Lipinski definition) is 1. The van der Waals surface area contributed by atoms with Crippen LogP contribution in [0.4, 0.5) is 0 Å². The maximum atomic E-state index is 3.29. The summed E-state index contributed by atoms with van der Waals surface area (Å²) in [6, 6.07) is 0. The molecule has 0 aromatic heterocycles. The first-order valence-electron chi connectivity index (χ1n) is 12.7. The molecule has 0 spiro atoms. The van der Waals surface area contributed by atoms with Crippen molar-refractivity contribution in [3.63, 3.8) is 0 Å². The van der Waals surface area contributed by atoms with Crippen molar-refractivity contribution in [1.29, 1.82) is 0 Å². The SMILES string of the molecule is CNSC(C)SC(C)(C)CC1CCC2C3CCC4CCCCC4(C)C3CCC12C. The number of hydrogen-bond acceptors (Lipinski definition) is 3. The Morgan fingerprint density at radius 1 is 0.931 bits per heavy atom. The molecule has 0 heterocycles. The van der Waals surface area contributed by atoms with E-state index in [1.54, 1.807) is 25.7 Å². The second-order valence-corrected chi connectivity index (χ2v) is 15.9. The molecule has 168 valence electrons. The van der Waals surface area contributed by atoms with Gasteiger partial charge in [0.2, 0.25) is 0 Å². The Morgan fingerprint density at radius 2 is 1.69 bits per heavy atom. The minimum absolute atomic E-state index is 0.385. The van der Waals surface area contributed by atoms with Crippen LogP contribution in [-0.2, 0) is 0 Å². The van der Waals surface area contributed by atoms with Crippen LogP contribution in [0.3, 0.4) is 0 Å². The van der Waals surface area contributed by atoms with Gasteiger partial charge in [-0.25, -0.2) is 0 Å². The monoisotopic (exact) mass is 437 g/mol. The summed E-state index contributed by atoms with van der Waals surface area (Å²) in [7, 11) is 2.05. The molecule has 3 heteroatoms. The maximum Gasteiger partial charge on any atom is 0.0624 e. The summed E-state index contributed by atoms with van der Waals surface area (Å²) in [6.07, 6.45) is 16.7. The molecule has 0 aromatic rings. The Balaban J connectivity index is 1.46. The Labute approximate surface area is 190 Å². The van der Waals surface area contributed by atoms with Crippen molar-refractivity contribution in [3.8, 4) is 0 Å². The molecule has 4 rings (SSSR count). The van der Waals surface area contributed by atoms with E-state index in [0.29, 0.717) is 20.2 Å². The second kappa shape index (κ2) is 8.54. The van der Waals surface area contributed by atoms with E-state index in [-0.39, 0.29) is 0 Å². The van der Waals surface area contributed by atoms with Gasteiger partial charge in [-0.15, -0.1) is 11.8 Å². The lowest BCUT2D eigenvalue weighted by molar-refractivity contribution is -0.111. The zero-order valence-corrected chi connectivity index (χ0v) is 21.7. The summed E-state index contributed by atoms with van der Waals surface area (Å²) >= 11 is 4.06. The third-order valence-corrected chi connectivity index (χ3v) is 12.6. The second-order valence-electron chi connectivity index (χ2n) is 12.2. The molecule has 0 aromatic carbocycles. The molecule has 0 bridgehead atoms. The Morgan fingerprint density at radius 3 is 2.45 bits per heavy atom. The summed E-state index contributed by atoms with van der Waals surface area (Å²) < 4.78 is 4.30. The van der Waals surface area contributed by atoms with E-state index in [2.05, 4.69) is 58.2 Å². The number of rotatable bonds is 6. The number of thioether (sulfide) groups is 1. The van der Waals surface area contributed by atoms with E-state index < -0.39 is 0 Å². The highest BCUT2D eigenvalue weighted by atomic mass is 32.2. The fourth-order valence-corrected chi connectivity index (χ4v) is 11.8. The lowest BCUT2D eigenvalue weighted by atomic mass is 9.45. The largest absolute Gasteiger partial charge is 0.266 e. The molecule has 4 saturated carbocycles. The highest BCUT2D eigenvalue weighted by Crippen LogP contribution is 2.68. The minimum atomic E-state index is 0.385. The van der Waals surface area contributed by atoms with Gasteiger partial charge in [-0.1, -0.05) is 52.5 Å². The van der Waals surface area contributed by atoms with Crippen molar-refractivity contribution < 1.29 is 0 Å². The lowest BCUT2D eigenvalue weighted by Crippen LogP contribution is -2.52. The molecule has 0 radical (unpaired) electrons. The molecule has 1 nitrogen and oxygen atoms in total. The molecule has 4 aliphatic rings. The van der Waals surface area contributed by atoms with Gasteiger partial charge in [0.1, 0.15) is 0 Å². The molecule has 4 aliphatic carbocycles. The van der Waals surface area contributed by atoms with Crippen molar-refractivity contribution >= 4 is 23.7 Å². The molecule has 0 saturated heterocycles. The summed E-state index contributed by atoms with van der Waals surface area (Å²) in [6.45, 7) is 12.8. The summed E-state index contributed by atoms with van der Waals surface area (Å²) in [5.41, 5.74) is 1.31. The molecule has 1 N–H and O–H groups in total. The summed E-state index contributed by atoms with van der Waals surface area (Å²) in [4.78, 5) is 0. The first-order chi connectivity index (χ1) is 13.7. The van der Waals surface area contributed by atoms with E-state index in [0.717, 1.165) is 29.6 Å². The molecule has 0 aliphatic heterocycles. The van der Waals surface area contributed by atoms with Crippen LogP contribution < -0.4 is 4.72 Å². The fourth-order valence-electron chi connectivity index (χ4n) is 9.02. The van der Waals surface area contributed by atoms with Gasteiger partial charge in [0.15, 0.2) is 0 Å². The zero-order valence-electron chi connectivity index (χ0n) is 20.1. The van der Waals surface area contributed by atoms with Gasteiger partial charge < -0.3 is 0 Å². The van der Waals surface area contributed by atoms with Crippen LogP contribution in [0.15, 0.2) is 0 Å². The van der Waals surface area contributed by atoms with Crippen LogP contribution in [0.25, 0.3) is 0 Å². The third-order valence-electron chi connectivity index (χ3n) is 10.3. The van der Waals surface area contributed by atoms with Crippen LogP contribution in [0.1, 0.15) is 105 Å². The van der Waals surface area contributed by atoms with Gasteiger partial charge in [-0.2, -0.15) is 0 Å². The topological polar surface area (TPSA) is 12.0 Å². The van der Waals surface area contributed by atoms with Crippen molar-refractivity contribution in [2.45, 2.75) is 115 Å².